The number of H-pyrrole nitrogens is 1. The summed E-state index contributed by atoms with van der Waals surface area (Å²) in [6.45, 7) is 2.72. The Bertz CT molecular complexity index is 1220. The second-order valence-electron chi connectivity index (χ2n) is 9.47. The fourth-order valence-corrected chi connectivity index (χ4v) is 6.20. The fraction of sp³-hybridized carbons (Fsp3) is 0.417. The molecular weight excluding hydrogens is 548 g/mol. The van der Waals surface area contributed by atoms with Crippen LogP contribution in [-0.4, -0.2) is 44.8 Å². The zero-order valence-corrected chi connectivity index (χ0v) is 21.0. The average molecular weight is 574 g/mol. The van der Waals surface area contributed by atoms with Gasteiger partial charge in [-0.3, -0.25) is 0 Å². The number of nitrogens with one attached hydrogen (secondary N) is 3. The van der Waals surface area contributed by atoms with E-state index in [0.717, 1.165) is 50.3 Å². The van der Waals surface area contributed by atoms with Gasteiger partial charge in [0, 0.05) is 0 Å². The van der Waals surface area contributed by atoms with Crippen molar-refractivity contribution in [1.82, 2.24) is 20.2 Å². The molecule has 178 valence electrons. The standard InChI is InChI=1S/C24H26FIN7O/c1-14-10-20(32-31-14)28-19-11-21(33-12-24(25,13-33)16-4-5-16)30-23(29-19)26-17-6-8-18(9-7-17)27-22(34)15-2-3-15/h6-11,15-16H,2-5,12-13H2,1H3,(H,27,34)(H2,28,29,30,31,32)/q-1. The molecule has 3 fully saturated rings. The van der Waals surface area contributed by atoms with Crippen molar-refractivity contribution in [1.29, 1.82) is 0 Å². The second-order valence-corrected chi connectivity index (χ2v) is 12.2. The molecule has 0 spiro atoms. The number of rotatable bonds is 8. The third-order valence-electron chi connectivity index (χ3n) is 6.44. The van der Waals surface area contributed by atoms with Crippen molar-refractivity contribution in [2.75, 3.05) is 28.6 Å². The van der Waals surface area contributed by atoms with E-state index in [0.29, 0.717) is 24.7 Å². The van der Waals surface area contributed by atoms with Gasteiger partial charge in [0.1, 0.15) is 0 Å². The van der Waals surface area contributed by atoms with Gasteiger partial charge in [0.15, 0.2) is 0 Å². The summed E-state index contributed by atoms with van der Waals surface area (Å²) in [5, 5.41) is 13.4. The number of hydrogen-bond donors (Lipinski definition) is 3. The molecule has 0 unspecified atom stereocenters. The van der Waals surface area contributed by atoms with Crippen LogP contribution in [0, 0.1) is 26.2 Å². The summed E-state index contributed by atoms with van der Waals surface area (Å²) in [6, 6.07) is 11.7. The van der Waals surface area contributed by atoms with Crippen LogP contribution >= 0.6 is 0 Å². The van der Waals surface area contributed by atoms with Gasteiger partial charge < -0.3 is 0 Å². The molecule has 8 nitrogen and oxygen atoms in total. The van der Waals surface area contributed by atoms with Crippen molar-refractivity contribution in [2.45, 2.75) is 38.3 Å². The zero-order chi connectivity index (χ0) is 23.3. The quantitative estimate of drug-likeness (QED) is 0.271. The van der Waals surface area contributed by atoms with E-state index in [9.17, 15) is 9.18 Å². The van der Waals surface area contributed by atoms with Gasteiger partial charge in [-0.2, -0.15) is 0 Å². The number of aromatic nitrogens is 4. The van der Waals surface area contributed by atoms with E-state index >= 15 is 0 Å². The molecule has 2 aliphatic carbocycles. The molecule has 34 heavy (non-hydrogen) atoms. The van der Waals surface area contributed by atoms with Gasteiger partial charge in [-0.05, 0) is 0 Å². The van der Waals surface area contributed by atoms with E-state index in [1.807, 2.05) is 48.2 Å². The first-order valence-electron chi connectivity index (χ1n) is 11.6. The van der Waals surface area contributed by atoms with Crippen LogP contribution in [-0.2, 0) is 4.79 Å². The molecule has 1 aliphatic heterocycles. The van der Waals surface area contributed by atoms with Crippen molar-refractivity contribution in [2.24, 2.45) is 11.8 Å². The van der Waals surface area contributed by atoms with E-state index in [1.54, 1.807) is 0 Å². The number of amides is 1. The number of aryl methyl sites for hydroxylation is 1. The Labute approximate surface area is 207 Å². The first kappa shape index (κ1) is 21.8. The number of carbonyl (C=O) groups is 1. The van der Waals surface area contributed by atoms with Crippen molar-refractivity contribution in [3.05, 3.63) is 49.5 Å². The van der Waals surface area contributed by atoms with Crippen LogP contribution in [0.2, 0.25) is 0 Å². The third-order valence-corrected chi connectivity index (χ3v) is 8.75. The zero-order valence-electron chi connectivity index (χ0n) is 18.8. The van der Waals surface area contributed by atoms with Crippen LogP contribution in [0.1, 0.15) is 31.4 Å². The van der Waals surface area contributed by atoms with Gasteiger partial charge in [-0.15, -0.1) is 0 Å². The SMILES string of the molecule is Cc1cc(Nc2cc(N3CC(F)(C4CC4)C3)nc([I-]c3ccc(NC(=O)C4CC4)cc3)n2)n[nH]1. The maximum absolute atomic E-state index is 15.0. The third kappa shape index (κ3) is 4.73. The molecule has 1 amide bonds. The number of benzene rings is 1. The van der Waals surface area contributed by atoms with Gasteiger partial charge in [-0.25, -0.2) is 0 Å². The molecule has 10 heteroatoms. The van der Waals surface area contributed by atoms with Crippen LogP contribution < -0.4 is 36.7 Å². The molecular formula is C24H26FIN7O-. The average Bonchev–Trinajstić information content (AvgIpc) is 3.71. The summed E-state index contributed by atoms with van der Waals surface area (Å²) >= 11 is -0.665. The van der Waals surface area contributed by atoms with E-state index in [2.05, 4.69) is 20.8 Å². The van der Waals surface area contributed by atoms with Gasteiger partial charge in [-0.1, -0.05) is 0 Å². The Morgan fingerprint density at radius 2 is 1.88 bits per heavy atom. The minimum absolute atomic E-state index is 0.104. The van der Waals surface area contributed by atoms with E-state index in [4.69, 9.17) is 9.97 Å². The number of hydrogen-bond acceptors (Lipinski definition) is 6. The number of nitrogens with zero attached hydrogens (tertiary/aromatic N) is 4. The van der Waals surface area contributed by atoms with Gasteiger partial charge in [0.25, 0.3) is 0 Å². The Balaban J connectivity index is 1.20. The van der Waals surface area contributed by atoms with Gasteiger partial charge in [0.05, 0.1) is 0 Å². The number of alkyl halides is 1. The predicted octanol–water partition coefficient (Wildman–Crippen LogP) is 0.667. The van der Waals surface area contributed by atoms with Crippen LogP contribution in [0.25, 0.3) is 0 Å². The Morgan fingerprint density at radius 3 is 2.53 bits per heavy atom. The molecule has 0 radical (unpaired) electrons. The Kier molecular flexibility index (Phi) is 5.42. The van der Waals surface area contributed by atoms with Crippen molar-refractivity contribution >= 4 is 29.0 Å². The predicted molar refractivity (Wildman–Crippen MR) is 123 cm³/mol. The maximum atomic E-state index is 15.0. The molecule has 3 N–H and O–H groups in total. The fourth-order valence-electron chi connectivity index (χ4n) is 4.18. The number of carbonyl (C=O) groups excluding carboxylic acids is 1. The van der Waals surface area contributed by atoms with Crippen LogP contribution in [0.4, 0.5) is 27.5 Å². The first-order chi connectivity index (χ1) is 16.4. The summed E-state index contributed by atoms with van der Waals surface area (Å²) in [4.78, 5) is 23.5. The monoisotopic (exact) mass is 574 g/mol. The molecule has 0 atom stereocenters. The molecule has 6 rings (SSSR count). The molecule has 2 aromatic heterocycles. The normalized spacial score (nSPS) is 19.1. The van der Waals surface area contributed by atoms with E-state index in [-0.39, 0.29) is 17.7 Å². The second kappa shape index (κ2) is 8.47. The topological polar surface area (TPSA) is 98.8 Å². The first-order valence-corrected chi connectivity index (χ1v) is 13.8. The van der Waals surface area contributed by atoms with Crippen molar-refractivity contribution in [3.8, 4) is 0 Å². The molecule has 1 saturated heterocycles. The molecule has 3 aliphatic rings. The molecule has 0 bridgehead atoms. The van der Waals surface area contributed by atoms with Gasteiger partial charge in [0.2, 0.25) is 0 Å². The van der Waals surface area contributed by atoms with Crippen LogP contribution in [0.5, 0.6) is 0 Å². The molecule has 1 aromatic carbocycles. The van der Waals surface area contributed by atoms with Crippen molar-refractivity contribution in [3.63, 3.8) is 0 Å². The molecule has 3 heterocycles. The Morgan fingerprint density at radius 1 is 1.12 bits per heavy atom. The summed E-state index contributed by atoms with van der Waals surface area (Å²) < 4.78 is 16.9. The summed E-state index contributed by atoms with van der Waals surface area (Å²) in [5.41, 5.74) is 0.691. The van der Waals surface area contributed by atoms with Gasteiger partial charge >= 0.3 is 208 Å². The summed E-state index contributed by atoms with van der Waals surface area (Å²) in [6.07, 6.45) is 3.96. The molecule has 3 aromatic rings. The minimum atomic E-state index is -1.08. The number of anilines is 4. The number of aromatic amines is 1. The Hall–Kier alpha value is -2.76. The van der Waals surface area contributed by atoms with Crippen molar-refractivity contribution < 1.29 is 30.4 Å². The van der Waals surface area contributed by atoms with Crippen LogP contribution in [0.15, 0.2) is 36.4 Å². The molecule has 2 saturated carbocycles. The van der Waals surface area contributed by atoms with Crippen LogP contribution in [0.3, 0.4) is 0 Å². The summed E-state index contributed by atoms with van der Waals surface area (Å²) in [5.74, 6) is 2.58. The summed E-state index contributed by atoms with van der Waals surface area (Å²) in [7, 11) is 0. The van der Waals surface area contributed by atoms with E-state index in [1.165, 1.54) is 0 Å². The number of halogens is 2. The van der Waals surface area contributed by atoms with E-state index < -0.39 is 26.9 Å².